The summed E-state index contributed by atoms with van der Waals surface area (Å²) in [6.07, 6.45) is -1.87. The van der Waals surface area contributed by atoms with E-state index in [4.69, 9.17) is 23.7 Å². The van der Waals surface area contributed by atoms with Crippen molar-refractivity contribution in [1.29, 1.82) is 0 Å². The molecule has 0 spiro atoms. The molecule has 7 heteroatoms. The fourth-order valence-corrected chi connectivity index (χ4v) is 6.03. The van der Waals surface area contributed by atoms with E-state index in [-0.39, 0.29) is 19.0 Å². The zero-order valence-corrected chi connectivity index (χ0v) is 25.1. The van der Waals surface area contributed by atoms with Crippen molar-refractivity contribution in [3.63, 3.8) is 0 Å². The summed E-state index contributed by atoms with van der Waals surface area (Å²) in [5, 5.41) is 0. The molecule has 1 heterocycles. The number of esters is 1. The number of ether oxygens (including phenoxy) is 5. The van der Waals surface area contributed by atoms with Gasteiger partial charge in [0.05, 0.1) is 19.8 Å². The average Bonchev–Trinajstić information content (AvgIpc) is 3.07. The molecule has 0 saturated carbocycles. The van der Waals surface area contributed by atoms with Gasteiger partial charge >= 0.3 is 5.97 Å². The fraction of sp³-hybridized carbons (Fsp3) is 0.306. The predicted molar refractivity (Wildman–Crippen MR) is 167 cm³/mol. The smallest absolute Gasteiger partial charge is 0.305 e. The summed E-state index contributed by atoms with van der Waals surface area (Å²) in [7, 11) is 0. The second kappa shape index (κ2) is 16.4. The summed E-state index contributed by atoms with van der Waals surface area (Å²) in [4.78, 5) is 13.3. The number of hydrogen-bond donors (Lipinski definition) is 0. The lowest BCUT2D eigenvalue weighted by molar-refractivity contribution is -0.253. The van der Waals surface area contributed by atoms with Gasteiger partial charge < -0.3 is 23.7 Å². The van der Waals surface area contributed by atoms with Gasteiger partial charge in [-0.1, -0.05) is 128 Å². The molecule has 1 fully saturated rings. The van der Waals surface area contributed by atoms with Crippen LogP contribution in [0.4, 0.5) is 0 Å². The lowest BCUT2D eigenvalue weighted by atomic mass is 9.98. The minimum Gasteiger partial charge on any atom is -0.463 e. The van der Waals surface area contributed by atoms with E-state index < -0.39 is 29.9 Å². The monoisotopic (exact) mass is 598 g/mol. The normalized spacial score (nSPS) is 21.7. The lowest BCUT2D eigenvalue weighted by Crippen LogP contribution is -2.60. The zero-order chi connectivity index (χ0) is 29.7. The third kappa shape index (κ3) is 9.26. The molecule has 6 nitrogen and oxygen atoms in total. The van der Waals surface area contributed by atoms with E-state index in [0.29, 0.717) is 19.8 Å². The van der Waals surface area contributed by atoms with Crippen molar-refractivity contribution in [3.8, 4) is 0 Å². The Balaban J connectivity index is 1.48. The SMILES string of the molecule is CCC(=O)OCC1O[C@@H](Sc2ccccc2)C(OCc2ccccc2)[C@@H](OCc2ccccc2)[C@H]1OCc1ccccc1. The minimum atomic E-state index is -0.572. The molecule has 0 aliphatic carbocycles. The summed E-state index contributed by atoms with van der Waals surface area (Å²) in [6, 6.07) is 40.2. The van der Waals surface area contributed by atoms with Crippen molar-refractivity contribution >= 4 is 17.7 Å². The Bertz CT molecular complexity index is 1360. The average molecular weight is 599 g/mol. The van der Waals surface area contributed by atoms with Crippen molar-refractivity contribution in [2.75, 3.05) is 6.61 Å². The van der Waals surface area contributed by atoms with Gasteiger partial charge in [-0.05, 0) is 28.8 Å². The van der Waals surface area contributed by atoms with Gasteiger partial charge in [0.2, 0.25) is 0 Å². The molecule has 1 saturated heterocycles. The first-order chi connectivity index (χ1) is 21.2. The number of thioether (sulfide) groups is 1. The van der Waals surface area contributed by atoms with Crippen molar-refractivity contribution < 1.29 is 28.5 Å². The molecule has 0 radical (unpaired) electrons. The molecule has 4 aromatic carbocycles. The molecule has 43 heavy (non-hydrogen) atoms. The van der Waals surface area contributed by atoms with E-state index in [0.717, 1.165) is 21.6 Å². The molecule has 1 aliphatic heterocycles. The Kier molecular flexibility index (Phi) is 11.8. The highest BCUT2D eigenvalue weighted by Crippen LogP contribution is 2.38. The van der Waals surface area contributed by atoms with Gasteiger partial charge in [-0.25, -0.2) is 0 Å². The maximum atomic E-state index is 12.2. The van der Waals surface area contributed by atoms with Crippen LogP contribution < -0.4 is 0 Å². The first-order valence-electron chi connectivity index (χ1n) is 14.7. The van der Waals surface area contributed by atoms with Crippen LogP contribution in [0.15, 0.2) is 126 Å². The van der Waals surface area contributed by atoms with Crippen LogP contribution in [-0.2, 0) is 48.3 Å². The van der Waals surface area contributed by atoms with Crippen LogP contribution in [0.3, 0.4) is 0 Å². The van der Waals surface area contributed by atoms with Crippen LogP contribution in [0.5, 0.6) is 0 Å². The molecule has 0 bridgehead atoms. The quantitative estimate of drug-likeness (QED) is 0.142. The third-order valence-electron chi connectivity index (χ3n) is 7.14. The standard InChI is InChI=1S/C36H38O6S/c1-2-32(37)38-26-31-33(39-23-27-15-7-3-8-16-27)34(40-24-28-17-9-4-10-18-28)35(41-25-29-19-11-5-12-20-29)36(42-31)43-30-21-13-6-14-22-30/h3-22,31,33-36H,2,23-26H2,1H3/t31?,33-,34-,35?,36-/m0/s1. The molecule has 5 atom stereocenters. The van der Waals surface area contributed by atoms with Gasteiger partial charge in [0, 0.05) is 11.3 Å². The number of hydrogen-bond acceptors (Lipinski definition) is 7. The Morgan fingerprint density at radius 3 is 1.56 bits per heavy atom. The van der Waals surface area contributed by atoms with Crippen molar-refractivity contribution in [2.45, 2.75) is 67.9 Å². The number of rotatable bonds is 14. The lowest BCUT2D eigenvalue weighted by Gasteiger charge is -2.45. The first-order valence-corrected chi connectivity index (χ1v) is 15.6. The summed E-state index contributed by atoms with van der Waals surface area (Å²) in [5.41, 5.74) is 2.66. The predicted octanol–water partition coefficient (Wildman–Crippen LogP) is 7.21. The van der Waals surface area contributed by atoms with Gasteiger partial charge in [-0.15, -0.1) is 0 Å². The van der Waals surface area contributed by atoms with Crippen LogP contribution in [0.1, 0.15) is 30.0 Å². The van der Waals surface area contributed by atoms with E-state index in [1.165, 1.54) is 0 Å². The van der Waals surface area contributed by atoms with E-state index in [2.05, 4.69) is 0 Å². The number of carbonyl (C=O) groups is 1. The molecule has 4 aromatic rings. The highest BCUT2D eigenvalue weighted by atomic mass is 32.2. The summed E-state index contributed by atoms with van der Waals surface area (Å²) >= 11 is 1.57. The number of benzene rings is 4. The Morgan fingerprint density at radius 2 is 1.07 bits per heavy atom. The van der Waals surface area contributed by atoms with Crippen LogP contribution in [0, 0.1) is 0 Å². The zero-order valence-electron chi connectivity index (χ0n) is 24.3. The summed E-state index contributed by atoms with van der Waals surface area (Å²) in [5.74, 6) is -0.290. The Hall–Kier alpha value is -3.46. The van der Waals surface area contributed by atoms with Gasteiger partial charge in [0.25, 0.3) is 0 Å². The molecular formula is C36H38O6S. The largest absolute Gasteiger partial charge is 0.463 e. The molecule has 0 N–H and O–H groups in total. The molecule has 2 unspecified atom stereocenters. The molecular weight excluding hydrogens is 560 g/mol. The van der Waals surface area contributed by atoms with Gasteiger partial charge in [0.1, 0.15) is 36.5 Å². The number of carbonyl (C=O) groups excluding carboxylic acids is 1. The summed E-state index contributed by atoms with van der Waals surface area (Å²) in [6.45, 7) is 2.93. The van der Waals surface area contributed by atoms with Gasteiger partial charge in [-0.3, -0.25) is 4.79 Å². The third-order valence-corrected chi connectivity index (χ3v) is 8.30. The molecule has 0 amide bonds. The summed E-state index contributed by atoms with van der Waals surface area (Å²) < 4.78 is 32.4. The second-order valence-electron chi connectivity index (χ2n) is 10.3. The van der Waals surface area contributed by atoms with Crippen LogP contribution in [0.2, 0.25) is 0 Å². The first kappa shape index (κ1) is 31.0. The highest BCUT2D eigenvalue weighted by Gasteiger charge is 2.49. The van der Waals surface area contributed by atoms with E-state index in [1.54, 1.807) is 18.7 Å². The van der Waals surface area contributed by atoms with Gasteiger partial charge in [-0.2, -0.15) is 0 Å². The van der Waals surface area contributed by atoms with E-state index >= 15 is 0 Å². The Labute approximate surface area is 258 Å². The maximum Gasteiger partial charge on any atom is 0.305 e. The van der Waals surface area contributed by atoms with Crippen molar-refractivity contribution in [1.82, 2.24) is 0 Å². The van der Waals surface area contributed by atoms with Crippen LogP contribution in [-0.4, -0.2) is 42.4 Å². The fourth-order valence-electron chi connectivity index (χ4n) is 4.89. The van der Waals surface area contributed by atoms with Crippen LogP contribution >= 0.6 is 11.8 Å². The molecule has 0 aromatic heterocycles. The second-order valence-corrected chi connectivity index (χ2v) is 11.5. The Morgan fingerprint density at radius 1 is 0.628 bits per heavy atom. The molecule has 1 aliphatic rings. The van der Waals surface area contributed by atoms with Crippen molar-refractivity contribution in [3.05, 3.63) is 138 Å². The minimum absolute atomic E-state index is 0.0502. The molecule has 224 valence electrons. The maximum absolute atomic E-state index is 12.2. The topological polar surface area (TPSA) is 63.2 Å². The highest BCUT2D eigenvalue weighted by molar-refractivity contribution is 7.99. The van der Waals surface area contributed by atoms with Gasteiger partial charge in [0.15, 0.2) is 0 Å². The molecule has 5 rings (SSSR count). The van der Waals surface area contributed by atoms with Crippen molar-refractivity contribution in [2.24, 2.45) is 0 Å². The van der Waals surface area contributed by atoms with E-state index in [1.807, 2.05) is 121 Å². The van der Waals surface area contributed by atoms with E-state index in [9.17, 15) is 4.79 Å². The van der Waals surface area contributed by atoms with Crippen LogP contribution in [0.25, 0.3) is 0 Å².